The number of carbonyl (C=O) groups excluding carboxylic acids is 1. The molecule has 0 radical (unpaired) electrons. The molecule has 0 unspecified atom stereocenters. The number of nitrogens with one attached hydrogen (secondary N) is 1. The molecule has 1 aliphatic heterocycles. The standard InChI is InChI=1S/C15H21NO2/c1-2-16-9-7-14(17)5-3-12-4-6-15-13(11-12)8-10-18-15/h4,6,11,16H,2-3,5,7-10H2,1H3. The smallest absolute Gasteiger partial charge is 0.134 e. The number of carbonyl (C=O) groups is 1. The van der Waals surface area contributed by atoms with Crippen molar-refractivity contribution >= 4 is 5.78 Å². The number of benzene rings is 1. The van der Waals surface area contributed by atoms with Crippen molar-refractivity contribution in [3.63, 3.8) is 0 Å². The first-order chi connectivity index (χ1) is 8.79. The number of aryl methyl sites for hydroxylation is 1. The highest BCUT2D eigenvalue weighted by Crippen LogP contribution is 2.26. The summed E-state index contributed by atoms with van der Waals surface area (Å²) >= 11 is 0. The van der Waals surface area contributed by atoms with E-state index in [0.717, 1.165) is 38.3 Å². The Balaban J connectivity index is 1.78. The van der Waals surface area contributed by atoms with Crippen LogP contribution in [0.5, 0.6) is 5.75 Å². The number of Topliss-reactive ketones (excluding diaryl/α,β-unsaturated/α-hetero) is 1. The van der Waals surface area contributed by atoms with E-state index in [1.54, 1.807) is 0 Å². The first-order valence-corrected chi connectivity index (χ1v) is 6.76. The zero-order valence-electron chi connectivity index (χ0n) is 11.0. The largest absolute Gasteiger partial charge is 0.493 e. The van der Waals surface area contributed by atoms with Gasteiger partial charge < -0.3 is 10.1 Å². The summed E-state index contributed by atoms with van der Waals surface area (Å²) < 4.78 is 5.47. The van der Waals surface area contributed by atoms with E-state index in [9.17, 15) is 4.79 Å². The number of ether oxygens (including phenoxy) is 1. The molecule has 0 amide bonds. The zero-order valence-corrected chi connectivity index (χ0v) is 11.0. The molecule has 0 bridgehead atoms. The number of hydrogen-bond donors (Lipinski definition) is 1. The Kier molecular flexibility index (Phi) is 4.76. The van der Waals surface area contributed by atoms with E-state index < -0.39 is 0 Å². The first-order valence-electron chi connectivity index (χ1n) is 6.76. The molecule has 0 spiro atoms. The van der Waals surface area contributed by atoms with Crippen molar-refractivity contribution in [2.24, 2.45) is 0 Å². The molecular formula is C15H21NO2. The van der Waals surface area contributed by atoms with Crippen molar-refractivity contribution in [3.05, 3.63) is 29.3 Å². The molecule has 98 valence electrons. The lowest BCUT2D eigenvalue weighted by Crippen LogP contribution is -2.17. The third-order valence-corrected chi connectivity index (χ3v) is 3.28. The van der Waals surface area contributed by atoms with Gasteiger partial charge in [0.2, 0.25) is 0 Å². The number of hydrogen-bond acceptors (Lipinski definition) is 3. The molecule has 18 heavy (non-hydrogen) atoms. The van der Waals surface area contributed by atoms with E-state index in [2.05, 4.69) is 24.4 Å². The molecule has 1 aromatic carbocycles. The summed E-state index contributed by atoms with van der Waals surface area (Å²) in [6.45, 7) is 4.57. The van der Waals surface area contributed by atoms with Crippen molar-refractivity contribution in [2.45, 2.75) is 32.6 Å². The fourth-order valence-electron chi connectivity index (χ4n) is 2.21. The minimum atomic E-state index is 0.340. The van der Waals surface area contributed by atoms with Gasteiger partial charge in [0.15, 0.2) is 0 Å². The van der Waals surface area contributed by atoms with Gasteiger partial charge >= 0.3 is 0 Å². The van der Waals surface area contributed by atoms with Crippen LogP contribution in [0.15, 0.2) is 18.2 Å². The minimum Gasteiger partial charge on any atom is -0.493 e. The van der Waals surface area contributed by atoms with Gasteiger partial charge in [-0.05, 0) is 30.2 Å². The lowest BCUT2D eigenvalue weighted by Gasteiger charge is -2.04. The molecule has 0 saturated carbocycles. The molecule has 0 aromatic heterocycles. The molecule has 1 aromatic rings. The Morgan fingerprint density at radius 2 is 2.28 bits per heavy atom. The topological polar surface area (TPSA) is 38.3 Å². The SMILES string of the molecule is CCNCCC(=O)CCc1ccc2c(c1)CCO2. The van der Waals surface area contributed by atoms with Crippen LogP contribution in [0.4, 0.5) is 0 Å². The first kappa shape index (κ1) is 13.1. The van der Waals surface area contributed by atoms with Gasteiger partial charge in [-0.2, -0.15) is 0 Å². The molecule has 1 aliphatic rings. The quantitative estimate of drug-likeness (QED) is 0.750. The van der Waals surface area contributed by atoms with Crippen molar-refractivity contribution in [3.8, 4) is 5.75 Å². The lowest BCUT2D eigenvalue weighted by atomic mass is 10.0. The van der Waals surface area contributed by atoms with Gasteiger partial charge in [-0.1, -0.05) is 19.1 Å². The summed E-state index contributed by atoms with van der Waals surface area (Å²) in [5, 5.41) is 3.17. The number of ketones is 1. The van der Waals surface area contributed by atoms with Crippen LogP contribution < -0.4 is 10.1 Å². The van der Waals surface area contributed by atoms with Gasteiger partial charge in [0.05, 0.1) is 6.61 Å². The maximum Gasteiger partial charge on any atom is 0.134 e. The van der Waals surface area contributed by atoms with E-state index in [0.29, 0.717) is 18.6 Å². The van der Waals surface area contributed by atoms with Gasteiger partial charge in [0.25, 0.3) is 0 Å². The van der Waals surface area contributed by atoms with Crippen molar-refractivity contribution in [2.75, 3.05) is 19.7 Å². The van der Waals surface area contributed by atoms with Gasteiger partial charge in [-0.3, -0.25) is 4.79 Å². The molecule has 3 heteroatoms. The molecule has 2 rings (SSSR count). The molecule has 0 fully saturated rings. The van der Waals surface area contributed by atoms with Crippen LogP contribution in [-0.4, -0.2) is 25.5 Å². The van der Waals surface area contributed by atoms with Gasteiger partial charge in [0.1, 0.15) is 11.5 Å². The maximum atomic E-state index is 11.7. The molecule has 0 aliphatic carbocycles. The number of fused-ring (bicyclic) bond motifs is 1. The molecule has 0 atom stereocenters. The van der Waals surface area contributed by atoms with Gasteiger partial charge in [0, 0.05) is 25.8 Å². The average Bonchev–Trinajstić information content (AvgIpc) is 2.84. The Morgan fingerprint density at radius 3 is 3.11 bits per heavy atom. The Bertz CT molecular complexity index is 415. The summed E-state index contributed by atoms with van der Waals surface area (Å²) in [5.41, 5.74) is 2.53. The third kappa shape index (κ3) is 3.57. The van der Waals surface area contributed by atoms with Gasteiger partial charge in [-0.15, -0.1) is 0 Å². The Morgan fingerprint density at radius 1 is 1.39 bits per heavy atom. The van der Waals surface area contributed by atoms with E-state index >= 15 is 0 Å². The third-order valence-electron chi connectivity index (χ3n) is 3.28. The molecular weight excluding hydrogens is 226 g/mol. The van der Waals surface area contributed by atoms with Crippen LogP contribution in [0.1, 0.15) is 30.9 Å². The van der Waals surface area contributed by atoms with E-state index in [1.165, 1.54) is 11.1 Å². The van der Waals surface area contributed by atoms with Crippen molar-refractivity contribution < 1.29 is 9.53 Å². The monoisotopic (exact) mass is 247 g/mol. The van der Waals surface area contributed by atoms with Crippen LogP contribution in [0, 0.1) is 0 Å². The Labute approximate surface area is 109 Å². The minimum absolute atomic E-state index is 0.340. The summed E-state index contributed by atoms with van der Waals surface area (Å²) in [5.74, 6) is 1.35. The molecule has 1 N–H and O–H groups in total. The second kappa shape index (κ2) is 6.55. The van der Waals surface area contributed by atoms with Crippen LogP contribution in [0.3, 0.4) is 0 Å². The van der Waals surface area contributed by atoms with Crippen LogP contribution in [0.25, 0.3) is 0 Å². The zero-order chi connectivity index (χ0) is 12.8. The van der Waals surface area contributed by atoms with Crippen LogP contribution >= 0.6 is 0 Å². The predicted octanol–water partition coefficient (Wildman–Crippen LogP) is 2.12. The predicted molar refractivity (Wildman–Crippen MR) is 72.1 cm³/mol. The summed E-state index contributed by atoms with van der Waals surface area (Å²) in [6, 6.07) is 6.28. The fraction of sp³-hybridized carbons (Fsp3) is 0.533. The fourth-order valence-corrected chi connectivity index (χ4v) is 2.21. The second-order valence-corrected chi connectivity index (χ2v) is 4.68. The second-order valence-electron chi connectivity index (χ2n) is 4.68. The highest BCUT2D eigenvalue weighted by molar-refractivity contribution is 5.78. The number of rotatable bonds is 7. The maximum absolute atomic E-state index is 11.7. The van der Waals surface area contributed by atoms with Gasteiger partial charge in [-0.25, -0.2) is 0 Å². The van der Waals surface area contributed by atoms with E-state index in [4.69, 9.17) is 4.74 Å². The summed E-state index contributed by atoms with van der Waals surface area (Å²) in [4.78, 5) is 11.7. The molecule has 3 nitrogen and oxygen atoms in total. The summed E-state index contributed by atoms with van der Waals surface area (Å²) in [6.07, 6.45) is 3.13. The Hall–Kier alpha value is -1.35. The van der Waals surface area contributed by atoms with Crippen molar-refractivity contribution in [1.82, 2.24) is 5.32 Å². The average molecular weight is 247 g/mol. The van der Waals surface area contributed by atoms with Crippen LogP contribution in [-0.2, 0) is 17.6 Å². The highest BCUT2D eigenvalue weighted by Gasteiger charge is 2.12. The van der Waals surface area contributed by atoms with Crippen LogP contribution in [0.2, 0.25) is 0 Å². The molecule has 0 saturated heterocycles. The normalized spacial score (nSPS) is 13.2. The lowest BCUT2D eigenvalue weighted by molar-refractivity contribution is -0.118. The highest BCUT2D eigenvalue weighted by atomic mass is 16.5. The van der Waals surface area contributed by atoms with E-state index in [1.807, 2.05) is 6.07 Å². The van der Waals surface area contributed by atoms with Crippen molar-refractivity contribution in [1.29, 1.82) is 0 Å². The van der Waals surface area contributed by atoms with E-state index in [-0.39, 0.29) is 0 Å². The summed E-state index contributed by atoms with van der Waals surface area (Å²) in [7, 11) is 0. The molecule has 1 heterocycles.